The number of rotatable bonds is 11. The first-order chi connectivity index (χ1) is 24.9. The Bertz CT molecular complexity index is 2320. The fraction of sp³-hybridized carbons (Fsp3) is 0.128. The molecule has 12 nitrogen and oxygen atoms in total. The van der Waals surface area contributed by atoms with Crippen LogP contribution in [-0.2, 0) is 21.4 Å². The fourth-order valence-electron chi connectivity index (χ4n) is 6.04. The Morgan fingerprint density at radius 2 is 1.78 bits per heavy atom. The van der Waals surface area contributed by atoms with E-state index in [1.807, 2.05) is 62.8 Å². The SMILES string of the molecule is CNc1cccc(-c2c(-c3cnn(C)c3)oc3ncnc(Oc4ccc(NC(=O)/C(=C/C5=C(NC=O)CCCC5=O)c5ccccc5)cc4)c23)c1. The summed E-state index contributed by atoms with van der Waals surface area (Å²) in [7, 11) is 3.70. The van der Waals surface area contributed by atoms with E-state index in [-0.39, 0.29) is 11.4 Å². The van der Waals surface area contributed by atoms with Crippen molar-refractivity contribution >= 4 is 46.1 Å². The minimum Gasteiger partial charge on any atom is -0.438 e. The van der Waals surface area contributed by atoms with Gasteiger partial charge in [-0.1, -0.05) is 42.5 Å². The van der Waals surface area contributed by atoms with Crippen molar-refractivity contribution in [3.05, 3.63) is 120 Å². The number of Topliss-reactive ketones (excluding diaryl/α,β-unsaturated/α-hetero) is 1. The Hall–Kier alpha value is -6.82. The van der Waals surface area contributed by atoms with E-state index in [0.717, 1.165) is 22.4 Å². The first-order valence-corrected chi connectivity index (χ1v) is 16.3. The third-order valence-corrected chi connectivity index (χ3v) is 8.49. The number of carbonyl (C=O) groups excluding carboxylic acids is 3. The minimum absolute atomic E-state index is 0.129. The van der Waals surface area contributed by atoms with E-state index in [1.54, 1.807) is 53.4 Å². The van der Waals surface area contributed by atoms with E-state index in [9.17, 15) is 14.4 Å². The maximum atomic E-state index is 13.7. The second-order valence-corrected chi connectivity index (χ2v) is 11.8. The number of furan rings is 1. The van der Waals surface area contributed by atoms with Crippen LogP contribution < -0.4 is 20.7 Å². The highest BCUT2D eigenvalue weighted by Crippen LogP contribution is 2.44. The number of allylic oxidation sites excluding steroid dienone is 3. The van der Waals surface area contributed by atoms with Gasteiger partial charge in [0.05, 0.1) is 11.8 Å². The molecule has 254 valence electrons. The number of benzene rings is 3. The lowest BCUT2D eigenvalue weighted by Crippen LogP contribution is -2.21. The van der Waals surface area contributed by atoms with Crippen LogP contribution in [0.2, 0.25) is 0 Å². The average molecular weight is 680 g/mol. The number of fused-ring (bicyclic) bond motifs is 1. The summed E-state index contributed by atoms with van der Waals surface area (Å²) in [6.45, 7) is 0. The van der Waals surface area contributed by atoms with Crippen molar-refractivity contribution in [2.24, 2.45) is 7.05 Å². The minimum atomic E-state index is -0.418. The number of aryl methyl sites for hydroxylation is 1. The molecule has 0 spiro atoms. The third kappa shape index (κ3) is 6.88. The van der Waals surface area contributed by atoms with Crippen molar-refractivity contribution in [3.63, 3.8) is 0 Å². The Kier molecular flexibility index (Phi) is 9.20. The van der Waals surface area contributed by atoms with Gasteiger partial charge < -0.3 is 25.1 Å². The summed E-state index contributed by atoms with van der Waals surface area (Å²) in [5.74, 6) is 0.791. The highest BCUT2D eigenvalue weighted by atomic mass is 16.5. The van der Waals surface area contributed by atoms with Gasteiger partial charge in [0.1, 0.15) is 23.2 Å². The van der Waals surface area contributed by atoms with Crippen LogP contribution in [0.3, 0.4) is 0 Å². The monoisotopic (exact) mass is 679 g/mol. The molecule has 0 saturated carbocycles. The van der Waals surface area contributed by atoms with Gasteiger partial charge in [-0.25, -0.2) is 9.97 Å². The molecule has 6 aromatic rings. The number of amides is 2. The van der Waals surface area contributed by atoms with E-state index in [4.69, 9.17) is 9.15 Å². The van der Waals surface area contributed by atoms with E-state index in [1.165, 1.54) is 6.33 Å². The predicted octanol–water partition coefficient (Wildman–Crippen LogP) is 6.90. The first-order valence-electron chi connectivity index (χ1n) is 16.3. The molecule has 3 aromatic carbocycles. The zero-order valence-electron chi connectivity index (χ0n) is 27.8. The highest BCUT2D eigenvalue weighted by molar-refractivity contribution is 6.26. The second kappa shape index (κ2) is 14.3. The number of carbonyl (C=O) groups is 3. The smallest absolute Gasteiger partial charge is 0.256 e. The molecule has 7 rings (SSSR count). The molecule has 0 radical (unpaired) electrons. The van der Waals surface area contributed by atoms with Gasteiger partial charge >= 0.3 is 0 Å². The van der Waals surface area contributed by atoms with Crippen molar-refractivity contribution in [1.29, 1.82) is 0 Å². The van der Waals surface area contributed by atoms with Crippen LogP contribution >= 0.6 is 0 Å². The van der Waals surface area contributed by atoms with Crippen LogP contribution in [-0.4, -0.2) is 44.9 Å². The van der Waals surface area contributed by atoms with Gasteiger partial charge in [-0.2, -0.15) is 5.10 Å². The van der Waals surface area contributed by atoms with Crippen molar-refractivity contribution in [2.45, 2.75) is 19.3 Å². The normalized spacial score (nSPS) is 13.3. The Balaban J connectivity index is 1.20. The summed E-state index contributed by atoms with van der Waals surface area (Å²) in [5.41, 5.74) is 5.92. The van der Waals surface area contributed by atoms with E-state index in [0.29, 0.717) is 76.7 Å². The van der Waals surface area contributed by atoms with Gasteiger partial charge in [-0.15, -0.1) is 0 Å². The summed E-state index contributed by atoms with van der Waals surface area (Å²) in [5, 5.41) is 13.7. The molecule has 0 aliphatic heterocycles. The third-order valence-electron chi connectivity index (χ3n) is 8.49. The van der Waals surface area contributed by atoms with Gasteiger partial charge in [-0.05, 0) is 66.4 Å². The number of nitrogens with one attached hydrogen (secondary N) is 3. The van der Waals surface area contributed by atoms with Crippen LogP contribution in [0.4, 0.5) is 11.4 Å². The maximum absolute atomic E-state index is 13.7. The molecule has 0 unspecified atom stereocenters. The highest BCUT2D eigenvalue weighted by Gasteiger charge is 2.25. The van der Waals surface area contributed by atoms with Gasteiger partial charge in [0.15, 0.2) is 5.78 Å². The lowest BCUT2D eigenvalue weighted by atomic mass is 9.91. The van der Waals surface area contributed by atoms with Crippen LogP contribution in [0.15, 0.2) is 119 Å². The lowest BCUT2D eigenvalue weighted by molar-refractivity contribution is -0.115. The van der Waals surface area contributed by atoms with Crippen LogP contribution in [0.1, 0.15) is 24.8 Å². The number of ether oxygens (including phenoxy) is 1. The molecule has 2 amide bonds. The maximum Gasteiger partial charge on any atom is 0.256 e. The Morgan fingerprint density at radius 3 is 2.53 bits per heavy atom. The van der Waals surface area contributed by atoms with Gasteiger partial charge in [0.2, 0.25) is 18.0 Å². The molecule has 0 fully saturated rings. The summed E-state index contributed by atoms with van der Waals surface area (Å²) < 4.78 is 14.3. The second-order valence-electron chi connectivity index (χ2n) is 11.8. The molecule has 3 N–H and O–H groups in total. The van der Waals surface area contributed by atoms with Crippen LogP contribution in [0.5, 0.6) is 11.6 Å². The first kappa shape index (κ1) is 32.7. The van der Waals surface area contributed by atoms with Crippen molar-refractivity contribution < 1.29 is 23.5 Å². The molecule has 0 atom stereocenters. The molecular formula is C39H33N7O5. The van der Waals surface area contributed by atoms with Crippen LogP contribution in [0, 0.1) is 0 Å². The number of hydrogen-bond donors (Lipinski definition) is 3. The van der Waals surface area contributed by atoms with Crippen molar-refractivity contribution in [1.82, 2.24) is 25.1 Å². The molecule has 3 heterocycles. The summed E-state index contributed by atoms with van der Waals surface area (Å²) in [6, 6.07) is 23.9. The van der Waals surface area contributed by atoms with E-state index in [2.05, 4.69) is 31.0 Å². The van der Waals surface area contributed by atoms with E-state index >= 15 is 0 Å². The van der Waals surface area contributed by atoms with E-state index < -0.39 is 5.91 Å². The Morgan fingerprint density at radius 1 is 0.961 bits per heavy atom. The summed E-state index contributed by atoms with van der Waals surface area (Å²) >= 11 is 0. The topological polar surface area (TPSA) is 153 Å². The molecule has 0 bridgehead atoms. The van der Waals surface area contributed by atoms with Crippen molar-refractivity contribution in [3.8, 4) is 34.1 Å². The molecule has 0 saturated heterocycles. The average Bonchev–Trinajstić information content (AvgIpc) is 3.77. The number of hydrogen-bond acceptors (Lipinski definition) is 9. The van der Waals surface area contributed by atoms with Gasteiger partial charge in [0.25, 0.3) is 5.91 Å². The molecule has 1 aliphatic carbocycles. The largest absolute Gasteiger partial charge is 0.438 e. The number of aromatic nitrogens is 4. The summed E-state index contributed by atoms with van der Waals surface area (Å²) in [6.07, 6.45) is 8.60. The summed E-state index contributed by atoms with van der Waals surface area (Å²) in [4.78, 5) is 46.8. The standard InChI is InChI=1S/C39H33N7O5/c1-40-28-11-6-10-25(18-28)34-35-38(41-22-42-39(35)51-36(34)26-20-44-46(2)21-26)50-29-16-14-27(15-17-29)45-37(49)30(24-8-4-3-5-9-24)19-31-32(43-23-47)12-7-13-33(31)48/h3-6,8-11,14-23,40H,7,12-13H2,1-2H3,(H,43,47)(H,45,49)/b30-19+. The number of nitrogens with zero attached hydrogens (tertiary/aromatic N) is 4. The Labute approximate surface area is 292 Å². The molecule has 1 aliphatic rings. The fourth-order valence-corrected chi connectivity index (χ4v) is 6.04. The quantitative estimate of drug-likeness (QED) is 0.0980. The number of ketones is 1. The predicted molar refractivity (Wildman–Crippen MR) is 194 cm³/mol. The molecule has 3 aromatic heterocycles. The zero-order valence-corrected chi connectivity index (χ0v) is 27.8. The van der Waals surface area contributed by atoms with Crippen molar-refractivity contribution in [2.75, 3.05) is 17.7 Å². The van der Waals surface area contributed by atoms with Gasteiger partial charge in [0, 0.05) is 60.5 Å². The molecule has 12 heteroatoms. The molecular weight excluding hydrogens is 646 g/mol. The van der Waals surface area contributed by atoms with Gasteiger partial charge in [-0.3, -0.25) is 19.1 Å². The number of anilines is 2. The zero-order chi connectivity index (χ0) is 35.3. The van der Waals surface area contributed by atoms with Crippen LogP contribution in [0.25, 0.3) is 39.1 Å². The molecule has 51 heavy (non-hydrogen) atoms. The lowest BCUT2D eigenvalue weighted by Gasteiger charge is -2.18.